The number of carbonyl (C=O) groups excluding carboxylic acids is 1. The molecule has 2 heterocycles. The lowest BCUT2D eigenvalue weighted by atomic mass is 9.92. The SMILES string of the molecule is CC1CCN(C(=O)c2n[nH]c(=O)c3ccccc23)C(CN)C1.Cl. The molecule has 1 saturated heterocycles. The van der Waals surface area contributed by atoms with E-state index in [0.717, 1.165) is 12.8 Å². The molecule has 124 valence electrons. The zero-order valence-corrected chi connectivity index (χ0v) is 13.8. The van der Waals surface area contributed by atoms with Gasteiger partial charge in [-0.25, -0.2) is 5.10 Å². The van der Waals surface area contributed by atoms with Gasteiger partial charge in [-0.3, -0.25) is 9.59 Å². The van der Waals surface area contributed by atoms with E-state index in [1.165, 1.54) is 0 Å². The van der Waals surface area contributed by atoms with Crippen molar-refractivity contribution < 1.29 is 4.79 Å². The van der Waals surface area contributed by atoms with E-state index in [9.17, 15) is 9.59 Å². The number of nitrogens with one attached hydrogen (secondary N) is 1. The first-order valence-corrected chi connectivity index (χ1v) is 7.60. The Labute approximate surface area is 140 Å². The molecule has 2 aromatic rings. The van der Waals surface area contributed by atoms with Crippen LogP contribution in [0.2, 0.25) is 0 Å². The van der Waals surface area contributed by atoms with Gasteiger partial charge in [0.25, 0.3) is 11.5 Å². The third-order valence-electron chi connectivity index (χ3n) is 4.41. The van der Waals surface area contributed by atoms with Crippen LogP contribution in [0.3, 0.4) is 0 Å². The van der Waals surface area contributed by atoms with E-state index in [2.05, 4.69) is 17.1 Å². The maximum absolute atomic E-state index is 12.9. The van der Waals surface area contributed by atoms with Gasteiger partial charge in [0.05, 0.1) is 5.39 Å². The van der Waals surface area contributed by atoms with Crippen LogP contribution in [0.15, 0.2) is 29.1 Å². The quantitative estimate of drug-likeness (QED) is 0.870. The largest absolute Gasteiger partial charge is 0.333 e. The molecule has 6 nitrogen and oxygen atoms in total. The Balaban J connectivity index is 0.00000192. The number of nitrogens with two attached hydrogens (primary N) is 1. The number of likely N-dealkylation sites (tertiary alicyclic amines) is 1. The van der Waals surface area contributed by atoms with Crippen LogP contribution in [0.4, 0.5) is 0 Å². The number of carbonyl (C=O) groups is 1. The number of hydrogen-bond acceptors (Lipinski definition) is 4. The van der Waals surface area contributed by atoms with Gasteiger partial charge >= 0.3 is 0 Å². The van der Waals surface area contributed by atoms with Crippen LogP contribution in [-0.2, 0) is 0 Å². The summed E-state index contributed by atoms with van der Waals surface area (Å²) in [5.74, 6) is 0.410. The summed E-state index contributed by atoms with van der Waals surface area (Å²) in [4.78, 5) is 26.5. The fourth-order valence-electron chi connectivity index (χ4n) is 3.16. The first-order chi connectivity index (χ1) is 10.6. The molecule has 1 aliphatic rings. The Morgan fingerprint density at radius 2 is 2.09 bits per heavy atom. The fraction of sp³-hybridized carbons (Fsp3) is 0.438. The standard InChI is InChI=1S/C16H20N4O2.ClH/c1-10-6-7-20(11(8-10)9-17)16(22)14-12-4-2-3-5-13(12)15(21)19-18-14;/h2-5,10-11H,6-9,17H2,1H3,(H,19,21);1H. The average Bonchev–Trinajstić information content (AvgIpc) is 2.55. The van der Waals surface area contributed by atoms with Crippen LogP contribution in [0, 0.1) is 5.92 Å². The van der Waals surface area contributed by atoms with Gasteiger partial charge in [-0.15, -0.1) is 12.4 Å². The highest BCUT2D eigenvalue weighted by atomic mass is 35.5. The molecule has 3 N–H and O–H groups in total. The number of nitrogens with zero attached hydrogens (tertiary/aromatic N) is 2. The average molecular weight is 337 g/mol. The molecule has 3 rings (SSSR count). The first-order valence-electron chi connectivity index (χ1n) is 7.60. The summed E-state index contributed by atoms with van der Waals surface area (Å²) < 4.78 is 0. The molecule has 0 spiro atoms. The van der Waals surface area contributed by atoms with Crippen molar-refractivity contribution in [3.8, 4) is 0 Å². The zero-order valence-electron chi connectivity index (χ0n) is 13.0. The van der Waals surface area contributed by atoms with Gasteiger partial charge in [-0.05, 0) is 24.8 Å². The lowest BCUT2D eigenvalue weighted by molar-refractivity contribution is 0.0568. The monoisotopic (exact) mass is 336 g/mol. The number of aromatic amines is 1. The molecule has 23 heavy (non-hydrogen) atoms. The third-order valence-corrected chi connectivity index (χ3v) is 4.41. The van der Waals surface area contributed by atoms with Gasteiger partial charge in [0.2, 0.25) is 0 Å². The van der Waals surface area contributed by atoms with Crippen molar-refractivity contribution in [2.24, 2.45) is 11.7 Å². The van der Waals surface area contributed by atoms with E-state index in [1.54, 1.807) is 29.2 Å². The number of H-pyrrole nitrogens is 1. The molecule has 1 aliphatic heterocycles. The van der Waals surface area contributed by atoms with Gasteiger partial charge in [0.1, 0.15) is 0 Å². The molecule has 1 aromatic carbocycles. The van der Waals surface area contributed by atoms with Crippen LogP contribution in [0.25, 0.3) is 10.8 Å². The van der Waals surface area contributed by atoms with Crippen LogP contribution in [0.5, 0.6) is 0 Å². The number of piperidine rings is 1. The van der Waals surface area contributed by atoms with Gasteiger partial charge in [-0.1, -0.05) is 25.1 Å². The molecule has 1 aromatic heterocycles. The van der Waals surface area contributed by atoms with Crippen LogP contribution < -0.4 is 11.3 Å². The Kier molecular flexibility index (Phi) is 5.38. The Bertz CT molecular complexity index is 761. The first kappa shape index (κ1) is 17.4. The highest BCUT2D eigenvalue weighted by Gasteiger charge is 2.31. The van der Waals surface area contributed by atoms with Gasteiger partial charge in [-0.2, -0.15) is 5.10 Å². The number of fused-ring (bicyclic) bond motifs is 1. The second kappa shape index (κ2) is 7.10. The second-order valence-corrected chi connectivity index (χ2v) is 5.96. The van der Waals surface area contributed by atoms with Crippen LogP contribution in [-0.4, -0.2) is 40.1 Å². The van der Waals surface area contributed by atoms with Crippen molar-refractivity contribution in [3.05, 3.63) is 40.3 Å². The number of benzene rings is 1. The van der Waals surface area contributed by atoms with Crippen molar-refractivity contribution >= 4 is 29.1 Å². The van der Waals surface area contributed by atoms with Crippen LogP contribution >= 0.6 is 12.4 Å². The highest BCUT2D eigenvalue weighted by molar-refractivity contribution is 6.04. The number of halogens is 1. The van der Waals surface area contributed by atoms with E-state index in [4.69, 9.17) is 5.73 Å². The predicted octanol–water partition coefficient (Wildman–Crippen LogP) is 1.54. The predicted molar refractivity (Wildman–Crippen MR) is 91.9 cm³/mol. The highest BCUT2D eigenvalue weighted by Crippen LogP contribution is 2.24. The molecule has 7 heteroatoms. The van der Waals surface area contributed by atoms with Crippen molar-refractivity contribution in [3.63, 3.8) is 0 Å². The van der Waals surface area contributed by atoms with Crippen molar-refractivity contribution in [2.75, 3.05) is 13.1 Å². The van der Waals surface area contributed by atoms with Crippen molar-refractivity contribution in [1.29, 1.82) is 0 Å². The Morgan fingerprint density at radius 1 is 1.39 bits per heavy atom. The fourth-order valence-corrected chi connectivity index (χ4v) is 3.16. The molecule has 0 bridgehead atoms. The molecule has 2 unspecified atom stereocenters. The maximum atomic E-state index is 12.9. The van der Waals surface area contributed by atoms with E-state index in [-0.39, 0.29) is 29.9 Å². The number of hydrogen-bond donors (Lipinski definition) is 2. The van der Waals surface area contributed by atoms with Crippen molar-refractivity contribution in [1.82, 2.24) is 15.1 Å². The van der Waals surface area contributed by atoms with Gasteiger partial charge < -0.3 is 10.6 Å². The third kappa shape index (κ3) is 3.23. The summed E-state index contributed by atoms with van der Waals surface area (Å²) in [6.45, 7) is 3.30. The molecule has 0 saturated carbocycles. The molecule has 2 atom stereocenters. The van der Waals surface area contributed by atoms with Crippen LogP contribution in [0.1, 0.15) is 30.3 Å². The minimum Gasteiger partial charge on any atom is -0.333 e. The molecular formula is C16H21ClN4O2. The number of aromatic nitrogens is 2. The van der Waals surface area contributed by atoms with Gasteiger partial charge in [0, 0.05) is 24.5 Å². The molecular weight excluding hydrogens is 316 g/mol. The van der Waals surface area contributed by atoms with Gasteiger partial charge in [0.15, 0.2) is 5.69 Å². The molecule has 0 radical (unpaired) electrons. The van der Waals surface area contributed by atoms with Crippen molar-refractivity contribution in [2.45, 2.75) is 25.8 Å². The lowest BCUT2D eigenvalue weighted by Gasteiger charge is -2.37. The minimum atomic E-state index is -0.283. The number of amides is 1. The van der Waals surface area contributed by atoms with E-state index < -0.39 is 0 Å². The normalized spacial score (nSPS) is 21.0. The molecule has 1 fully saturated rings. The van der Waals surface area contributed by atoms with E-state index >= 15 is 0 Å². The summed E-state index contributed by atoms with van der Waals surface area (Å²) in [5, 5.41) is 7.49. The molecule has 1 amide bonds. The Hall–Kier alpha value is -1.92. The minimum absolute atomic E-state index is 0. The number of rotatable bonds is 2. The van der Waals surface area contributed by atoms with E-state index in [1.807, 2.05) is 0 Å². The summed E-state index contributed by atoms with van der Waals surface area (Å²) in [6, 6.07) is 7.07. The molecule has 0 aliphatic carbocycles. The van der Waals surface area contributed by atoms with E-state index in [0.29, 0.717) is 35.5 Å². The second-order valence-electron chi connectivity index (χ2n) is 5.96. The summed E-state index contributed by atoms with van der Waals surface area (Å²) in [6.07, 6.45) is 1.87. The zero-order chi connectivity index (χ0) is 15.7. The summed E-state index contributed by atoms with van der Waals surface area (Å²) in [5.41, 5.74) is 5.85. The Morgan fingerprint density at radius 3 is 2.78 bits per heavy atom. The summed E-state index contributed by atoms with van der Waals surface area (Å²) >= 11 is 0. The maximum Gasteiger partial charge on any atom is 0.275 e. The topological polar surface area (TPSA) is 92.1 Å². The summed E-state index contributed by atoms with van der Waals surface area (Å²) in [7, 11) is 0. The smallest absolute Gasteiger partial charge is 0.275 e. The lowest BCUT2D eigenvalue weighted by Crippen LogP contribution is -2.49.